The van der Waals surface area contributed by atoms with E-state index in [4.69, 9.17) is 10.5 Å². The minimum atomic E-state index is 0.198. The van der Waals surface area contributed by atoms with Gasteiger partial charge in [0.1, 0.15) is 5.75 Å². The van der Waals surface area contributed by atoms with E-state index >= 15 is 0 Å². The monoisotopic (exact) mass is 383 g/mol. The van der Waals surface area contributed by atoms with Crippen LogP contribution in [0, 0.1) is 0 Å². The highest BCUT2D eigenvalue weighted by atomic mass is 79.9. The van der Waals surface area contributed by atoms with E-state index in [1.807, 2.05) is 24.3 Å². The number of nitrogens with zero attached hydrogens (tertiary/aromatic N) is 1. The first kappa shape index (κ1) is 14.9. The predicted molar refractivity (Wildman–Crippen MR) is 92.3 cm³/mol. The van der Waals surface area contributed by atoms with Crippen molar-refractivity contribution in [2.45, 2.75) is 10.4 Å². The normalized spacial score (nSPS) is 12.7. The molecule has 110 valence electrons. The number of nitrogens with two attached hydrogens (primary N) is 1. The number of ether oxygens (including phenoxy) is 1. The van der Waals surface area contributed by atoms with E-state index in [-0.39, 0.29) is 5.25 Å². The molecule has 3 rings (SSSR count). The van der Waals surface area contributed by atoms with Crippen LogP contribution in [0.4, 0.5) is 0 Å². The lowest BCUT2D eigenvalue weighted by Gasteiger charge is -2.09. The number of thioether (sulfide) groups is 1. The van der Waals surface area contributed by atoms with E-state index in [1.165, 1.54) is 4.88 Å². The second-order valence-electron chi connectivity index (χ2n) is 4.41. The predicted octanol–water partition coefficient (Wildman–Crippen LogP) is 4.19. The highest BCUT2D eigenvalue weighted by Gasteiger charge is 2.16. The van der Waals surface area contributed by atoms with E-state index in [9.17, 15) is 0 Å². The van der Waals surface area contributed by atoms with Crippen molar-refractivity contribution >= 4 is 50.1 Å². The van der Waals surface area contributed by atoms with Crippen LogP contribution < -0.4 is 10.5 Å². The van der Waals surface area contributed by atoms with Gasteiger partial charge in [0.15, 0.2) is 5.16 Å². The van der Waals surface area contributed by atoms with Crippen molar-refractivity contribution in [3.63, 3.8) is 0 Å². The van der Waals surface area contributed by atoms with Crippen LogP contribution in [0.25, 0.3) is 11.0 Å². The van der Waals surface area contributed by atoms with Crippen LogP contribution in [0.2, 0.25) is 0 Å². The first-order valence-corrected chi connectivity index (χ1v) is 8.84. The van der Waals surface area contributed by atoms with Gasteiger partial charge < -0.3 is 15.5 Å². The average molecular weight is 384 g/mol. The summed E-state index contributed by atoms with van der Waals surface area (Å²) < 4.78 is 6.34. The zero-order valence-electron chi connectivity index (χ0n) is 11.3. The molecule has 1 aromatic carbocycles. The molecule has 3 aromatic rings. The first-order valence-electron chi connectivity index (χ1n) is 6.35. The number of rotatable bonds is 5. The van der Waals surface area contributed by atoms with Gasteiger partial charge in [0.25, 0.3) is 0 Å². The number of thiophene rings is 1. The van der Waals surface area contributed by atoms with Crippen molar-refractivity contribution in [1.29, 1.82) is 0 Å². The lowest BCUT2D eigenvalue weighted by atomic mass is 10.3. The summed E-state index contributed by atoms with van der Waals surface area (Å²) in [4.78, 5) is 9.16. The SMILES string of the molecule is COc1ccc2nc(SC(CN)c3ccc(Br)s3)[nH]c2c1. The summed E-state index contributed by atoms with van der Waals surface area (Å²) in [5.74, 6) is 0.820. The standard InChI is InChI=1S/C14H14BrN3OS2/c1-19-8-2-3-9-10(6-8)18-14(17-9)21-12(7-16)11-4-5-13(15)20-11/h2-6,12H,7,16H2,1H3,(H,17,18). The summed E-state index contributed by atoms with van der Waals surface area (Å²) in [7, 11) is 1.66. The summed E-state index contributed by atoms with van der Waals surface area (Å²) in [6.07, 6.45) is 0. The number of aromatic amines is 1. The van der Waals surface area contributed by atoms with Crippen LogP contribution in [0.15, 0.2) is 39.3 Å². The number of nitrogens with one attached hydrogen (secondary N) is 1. The summed E-state index contributed by atoms with van der Waals surface area (Å²) >= 11 is 6.85. The molecule has 0 saturated heterocycles. The number of halogens is 1. The fourth-order valence-corrected chi connectivity index (χ4v) is 4.59. The van der Waals surface area contributed by atoms with Gasteiger partial charge in [-0.2, -0.15) is 0 Å². The molecule has 0 bridgehead atoms. The van der Waals surface area contributed by atoms with Crippen molar-refractivity contribution in [2.24, 2.45) is 5.73 Å². The van der Waals surface area contributed by atoms with E-state index in [0.29, 0.717) is 6.54 Å². The molecule has 2 heterocycles. The Morgan fingerprint density at radius 3 is 2.95 bits per heavy atom. The van der Waals surface area contributed by atoms with Crippen molar-refractivity contribution in [1.82, 2.24) is 9.97 Å². The molecule has 2 aromatic heterocycles. The highest BCUT2D eigenvalue weighted by Crippen LogP contribution is 2.38. The highest BCUT2D eigenvalue weighted by molar-refractivity contribution is 9.11. The maximum atomic E-state index is 5.91. The van der Waals surface area contributed by atoms with E-state index in [2.05, 4.69) is 32.0 Å². The first-order chi connectivity index (χ1) is 10.2. The van der Waals surface area contributed by atoms with Crippen LogP contribution in [-0.4, -0.2) is 23.6 Å². The van der Waals surface area contributed by atoms with Gasteiger partial charge in [-0.25, -0.2) is 4.98 Å². The lowest BCUT2D eigenvalue weighted by molar-refractivity contribution is 0.415. The molecule has 0 amide bonds. The number of methoxy groups -OCH3 is 1. The minimum absolute atomic E-state index is 0.198. The fourth-order valence-electron chi connectivity index (χ4n) is 2.01. The van der Waals surface area contributed by atoms with Crippen molar-refractivity contribution in [3.05, 3.63) is 39.0 Å². The molecule has 0 fully saturated rings. The summed E-state index contributed by atoms with van der Waals surface area (Å²) in [6.45, 7) is 0.567. The molecule has 21 heavy (non-hydrogen) atoms. The number of imidazole rings is 1. The van der Waals surface area contributed by atoms with Gasteiger partial charge in [-0.15, -0.1) is 11.3 Å². The van der Waals surface area contributed by atoms with Gasteiger partial charge in [0.05, 0.1) is 27.2 Å². The maximum absolute atomic E-state index is 5.91. The smallest absolute Gasteiger partial charge is 0.167 e. The van der Waals surface area contributed by atoms with Crippen LogP contribution >= 0.6 is 39.0 Å². The molecule has 0 radical (unpaired) electrons. The number of H-pyrrole nitrogens is 1. The Labute approximate surface area is 139 Å². The average Bonchev–Trinajstić information content (AvgIpc) is 3.09. The van der Waals surface area contributed by atoms with E-state index < -0.39 is 0 Å². The second-order valence-corrected chi connectivity index (χ2v) is 8.10. The molecule has 0 aliphatic carbocycles. The molecular weight excluding hydrogens is 370 g/mol. The van der Waals surface area contributed by atoms with Gasteiger partial charge in [-0.3, -0.25) is 0 Å². The zero-order valence-corrected chi connectivity index (χ0v) is 14.5. The quantitative estimate of drug-likeness (QED) is 0.648. The van der Waals surface area contributed by atoms with Crippen LogP contribution in [0.5, 0.6) is 5.75 Å². The molecule has 3 N–H and O–H groups in total. The fraction of sp³-hybridized carbons (Fsp3) is 0.214. The number of aromatic nitrogens is 2. The Balaban J connectivity index is 1.86. The molecule has 0 aliphatic rings. The maximum Gasteiger partial charge on any atom is 0.167 e. The number of hydrogen-bond donors (Lipinski definition) is 2. The van der Waals surface area contributed by atoms with Gasteiger partial charge in [0, 0.05) is 17.5 Å². The van der Waals surface area contributed by atoms with Crippen molar-refractivity contribution in [2.75, 3.05) is 13.7 Å². The summed E-state index contributed by atoms with van der Waals surface area (Å²) in [5, 5.41) is 1.07. The van der Waals surface area contributed by atoms with Gasteiger partial charge in [-0.1, -0.05) is 11.8 Å². The zero-order chi connectivity index (χ0) is 14.8. The molecule has 1 atom stereocenters. The van der Waals surface area contributed by atoms with E-state index in [0.717, 1.165) is 25.7 Å². The number of hydrogen-bond acceptors (Lipinski definition) is 5. The number of fused-ring (bicyclic) bond motifs is 1. The molecule has 0 spiro atoms. The molecule has 4 nitrogen and oxygen atoms in total. The van der Waals surface area contributed by atoms with Crippen molar-refractivity contribution < 1.29 is 4.74 Å². The lowest BCUT2D eigenvalue weighted by Crippen LogP contribution is -2.08. The Morgan fingerprint density at radius 1 is 1.43 bits per heavy atom. The van der Waals surface area contributed by atoms with Gasteiger partial charge in [-0.05, 0) is 40.2 Å². The van der Waals surface area contributed by atoms with E-state index in [1.54, 1.807) is 30.2 Å². The summed E-state index contributed by atoms with van der Waals surface area (Å²) in [6, 6.07) is 9.96. The molecule has 0 saturated carbocycles. The molecule has 1 unspecified atom stereocenters. The third-order valence-corrected chi connectivity index (χ3v) is 6.08. The Bertz CT molecular complexity index is 756. The number of benzene rings is 1. The summed E-state index contributed by atoms with van der Waals surface area (Å²) in [5.41, 5.74) is 7.81. The Morgan fingerprint density at radius 2 is 2.29 bits per heavy atom. The Kier molecular flexibility index (Phi) is 4.54. The Hall–Kier alpha value is -1.02. The van der Waals surface area contributed by atoms with Gasteiger partial charge >= 0.3 is 0 Å². The largest absolute Gasteiger partial charge is 0.497 e. The molecular formula is C14H14BrN3OS2. The van der Waals surface area contributed by atoms with Crippen LogP contribution in [0.3, 0.4) is 0 Å². The topological polar surface area (TPSA) is 63.9 Å². The van der Waals surface area contributed by atoms with Gasteiger partial charge in [0.2, 0.25) is 0 Å². The third kappa shape index (κ3) is 3.26. The van der Waals surface area contributed by atoms with Crippen LogP contribution in [-0.2, 0) is 0 Å². The minimum Gasteiger partial charge on any atom is -0.497 e. The molecule has 0 aliphatic heterocycles. The molecule has 7 heteroatoms. The third-order valence-electron chi connectivity index (χ3n) is 3.05. The second kappa shape index (κ2) is 6.39. The van der Waals surface area contributed by atoms with Crippen LogP contribution in [0.1, 0.15) is 10.1 Å². The van der Waals surface area contributed by atoms with Crippen molar-refractivity contribution in [3.8, 4) is 5.75 Å².